The zero-order valence-corrected chi connectivity index (χ0v) is 19.9. The molecule has 0 N–H and O–H groups in total. The van der Waals surface area contributed by atoms with Crippen LogP contribution < -0.4 is 4.90 Å². The molecule has 1 aromatic heterocycles. The summed E-state index contributed by atoms with van der Waals surface area (Å²) in [5, 5.41) is 0.997. The van der Waals surface area contributed by atoms with E-state index in [1.54, 1.807) is 17.0 Å². The number of amides is 1. The predicted octanol–water partition coefficient (Wildman–Crippen LogP) is 7.00. The fourth-order valence-corrected chi connectivity index (χ4v) is 5.45. The smallest absolute Gasteiger partial charge is 0.270 e. The summed E-state index contributed by atoms with van der Waals surface area (Å²) in [6.07, 6.45) is 3.83. The highest BCUT2D eigenvalue weighted by Gasteiger charge is 2.33. The summed E-state index contributed by atoms with van der Waals surface area (Å²) in [5.74, 6) is -0.384. The van der Waals surface area contributed by atoms with Gasteiger partial charge in [0.1, 0.15) is 5.82 Å². The Hall–Kier alpha value is -2.74. The minimum atomic E-state index is -0.235. The molecule has 5 rings (SSSR count). The van der Waals surface area contributed by atoms with Crippen molar-refractivity contribution >= 4 is 72.8 Å². The highest BCUT2D eigenvalue weighted by Crippen LogP contribution is 2.38. The summed E-state index contributed by atoms with van der Waals surface area (Å²) in [4.78, 5) is 15.3. The average molecular weight is 523 g/mol. The minimum Gasteiger partial charge on any atom is -0.342 e. The van der Waals surface area contributed by atoms with E-state index in [2.05, 4.69) is 15.9 Å². The second kappa shape index (κ2) is 8.65. The number of aromatic nitrogens is 1. The van der Waals surface area contributed by atoms with Crippen LogP contribution in [0.4, 0.5) is 10.1 Å². The Kier molecular flexibility index (Phi) is 5.71. The van der Waals surface area contributed by atoms with E-state index in [1.165, 1.54) is 17.8 Å². The first-order valence-corrected chi connectivity index (χ1v) is 11.9. The maximum Gasteiger partial charge on any atom is 0.270 e. The van der Waals surface area contributed by atoms with Crippen LogP contribution >= 0.6 is 39.9 Å². The molecule has 1 aliphatic heterocycles. The van der Waals surface area contributed by atoms with E-state index in [9.17, 15) is 9.18 Å². The van der Waals surface area contributed by atoms with Gasteiger partial charge in [0.2, 0.25) is 0 Å². The van der Waals surface area contributed by atoms with Gasteiger partial charge in [-0.05, 0) is 36.4 Å². The molecule has 0 aliphatic carbocycles. The third-order valence-electron chi connectivity index (χ3n) is 5.26. The lowest BCUT2D eigenvalue weighted by Crippen LogP contribution is -2.27. The summed E-state index contributed by atoms with van der Waals surface area (Å²) in [7, 11) is 0. The first kappa shape index (κ1) is 21.1. The van der Waals surface area contributed by atoms with Crippen LogP contribution in [0.5, 0.6) is 0 Å². The van der Waals surface area contributed by atoms with Gasteiger partial charge in [-0.2, -0.15) is 0 Å². The molecule has 0 spiro atoms. The Balaban J connectivity index is 1.53. The standard InChI is InChI=1S/C25H16BrFN2OS2/c26-18-7-5-8-19(13-18)29-24(30)23(32-25(29)31)12-17-15-28(22-11-4-2-9-20(17)22)14-16-6-1-3-10-21(16)27/h1-13,15H,14H2/b23-12-. The molecule has 0 radical (unpaired) electrons. The van der Waals surface area contributed by atoms with Gasteiger partial charge in [0.25, 0.3) is 5.91 Å². The van der Waals surface area contributed by atoms with Crippen molar-refractivity contribution in [2.24, 2.45) is 0 Å². The Morgan fingerprint density at radius 3 is 2.62 bits per heavy atom. The van der Waals surface area contributed by atoms with E-state index < -0.39 is 0 Å². The number of carbonyl (C=O) groups is 1. The Labute approximate surface area is 202 Å². The summed E-state index contributed by atoms with van der Waals surface area (Å²) in [6, 6.07) is 22.2. The van der Waals surface area contributed by atoms with E-state index in [4.69, 9.17) is 12.2 Å². The van der Waals surface area contributed by atoms with Gasteiger partial charge in [-0.3, -0.25) is 9.69 Å². The van der Waals surface area contributed by atoms with Crippen LogP contribution in [0, 0.1) is 5.82 Å². The molecule has 4 aromatic rings. The Morgan fingerprint density at radius 1 is 1.03 bits per heavy atom. The zero-order valence-electron chi connectivity index (χ0n) is 16.7. The maximum absolute atomic E-state index is 14.2. The lowest BCUT2D eigenvalue weighted by molar-refractivity contribution is -0.113. The Bertz CT molecular complexity index is 1410. The molecule has 1 saturated heterocycles. The van der Waals surface area contributed by atoms with Crippen molar-refractivity contribution in [3.8, 4) is 0 Å². The topological polar surface area (TPSA) is 25.2 Å². The van der Waals surface area contributed by atoms with Crippen LogP contribution in [0.15, 0.2) is 88.4 Å². The normalized spacial score (nSPS) is 15.3. The number of carbonyl (C=O) groups excluding carboxylic acids is 1. The van der Waals surface area contributed by atoms with Gasteiger partial charge < -0.3 is 4.57 Å². The van der Waals surface area contributed by atoms with Crippen LogP contribution in [0.1, 0.15) is 11.1 Å². The molecule has 2 heterocycles. The van der Waals surface area contributed by atoms with E-state index >= 15 is 0 Å². The molecule has 0 saturated carbocycles. The second-order valence-electron chi connectivity index (χ2n) is 7.32. The molecule has 1 amide bonds. The van der Waals surface area contributed by atoms with Crippen molar-refractivity contribution in [1.82, 2.24) is 4.57 Å². The molecule has 7 heteroatoms. The minimum absolute atomic E-state index is 0.149. The van der Waals surface area contributed by atoms with Crippen LogP contribution in [-0.2, 0) is 11.3 Å². The van der Waals surface area contributed by atoms with Gasteiger partial charge >= 0.3 is 0 Å². The van der Waals surface area contributed by atoms with Gasteiger partial charge in [-0.25, -0.2) is 4.39 Å². The molecule has 0 bridgehead atoms. The van der Waals surface area contributed by atoms with Crippen LogP contribution in [0.2, 0.25) is 0 Å². The Morgan fingerprint density at radius 2 is 1.81 bits per heavy atom. The van der Waals surface area contributed by atoms with Gasteiger partial charge in [0, 0.05) is 32.7 Å². The van der Waals surface area contributed by atoms with Crippen LogP contribution in [0.3, 0.4) is 0 Å². The van der Waals surface area contributed by atoms with E-state index in [-0.39, 0.29) is 11.7 Å². The fourth-order valence-electron chi connectivity index (χ4n) is 3.78. The predicted molar refractivity (Wildman–Crippen MR) is 137 cm³/mol. The summed E-state index contributed by atoms with van der Waals surface area (Å²) in [5.41, 5.74) is 3.21. The average Bonchev–Trinajstić information content (AvgIpc) is 3.26. The lowest BCUT2D eigenvalue weighted by atomic mass is 10.1. The number of hydrogen-bond acceptors (Lipinski definition) is 3. The van der Waals surface area contributed by atoms with Crippen molar-refractivity contribution in [2.45, 2.75) is 6.54 Å². The molecule has 3 aromatic carbocycles. The summed E-state index contributed by atoms with van der Waals surface area (Å²) < 4.78 is 17.6. The van der Waals surface area contributed by atoms with Gasteiger partial charge in [0.05, 0.1) is 17.1 Å². The number of thioether (sulfide) groups is 1. The van der Waals surface area contributed by atoms with Gasteiger partial charge in [0.15, 0.2) is 4.32 Å². The number of anilines is 1. The molecule has 0 unspecified atom stereocenters. The van der Waals surface area contributed by atoms with Gasteiger partial charge in [-0.1, -0.05) is 82.4 Å². The van der Waals surface area contributed by atoms with E-state index in [0.717, 1.165) is 26.6 Å². The highest BCUT2D eigenvalue weighted by atomic mass is 79.9. The number of hydrogen-bond donors (Lipinski definition) is 0. The number of fused-ring (bicyclic) bond motifs is 1. The second-order valence-corrected chi connectivity index (χ2v) is 9.91. The van der Waals surface area contributed by atoms with E-state index in [1.807, 2.05) is 71.4 Å². The maximum atomic E-state index is 14.2. The van der Waals surface area contributed by atoms with Gasteiger partial charge in [-0.15, -0.1) is 0 Å². The van der Waals surface area contributed by atoms with Crippen molar-refractivity contribution < 1.29 is 9.18 Å². The summed E-state index contributed by atoms with van der Waals surface area (Å²) in [6.45, 7) is 0.403. The third kappa shape index (κ3) is 3.92. The van der Waals surface area contributed by atoms with Crippen molar-refractivity contribution in [3.63, 3.8) is 0 Å². The van der Waals surface area contributed by atoms with E-state index in [0.29, 0.717) is 21.3 Å². The molecule has 158 valence electrons. The highest BCUT2D eigenvalue weighted by molar-refractivity contribution is 9.10. The van der Waals surface area contributed by atoms with Crippen LogP contribution in [0.25, 0.3) is 17.0 Å². The number of para-hydroxylation sites is 1. The third-order valence-corrected chi connectivity index (χ3v) is 7.06. The number of rotatable bonds is 4. The van der Waals surface area contributed by atoms with Crippen molar-refractivity contribution in [2.75, 3.05) is 4.90 Å². The molecular weight excluding hydrogens is 507 g/mol. The first-order chi connectivity index (χ1) is 15.5. The molecule has 3 nitrogen and oxygen atoms in total. The monoisotopic (exact) mass is 522 g/mol. The number of nitrogens with zero attached hydrogens (tertiary/aromatic N) is 2. The fraction of sp³-hybridized carbons (Fsp3) is 0.0400. The summed E-state index contributed by atoms with van der Waals surface area (Å²) >= 11 is 10.2. The number of halogens is 2. The molecule has 32 heavy (non-hydrogen) atoms. The SMILES string of the molecule is O=C1/C(=C/c2cn(Cc3ccccc3F)c3ccccc23)SC(=S)N1c1cccc(Br)c1. The molecule has 0 atom stereocenters. The van der Waals surface area contributed by atoms with Crippen molar-refractivity contribution in [3.05, 3.63) is 105 Å². The van der Waals surface area contributed by atoms with Crippen molar-refractivity contribution in [1.29, 1.82) is 0 Å². The largest absolute Gasteiger partial charge is 0.342 e. The van der Waals surface area contributed by atoms with Crippen LogP contribution in [-0.4, -0.2) is 14.8 Å². The number of thiocarbonyl (C=S) groups is 1. The molecular formula is C25H16BrFN2OS2. The first-order valence-electron chi connectivity index (χ1n) is 9.86. The quantitative estimate of drug-likeness (QED) is 0.213. The lowest BCUT2D eigenvalue weighted by Gasteiger charge is -2.14. The number of benzene rings is 3. The molecule has 1 aliphatic rings. The molecule has 1 fully saturated rings. The zero-order chi connectivity index (χ0) is 22.2.